The minimum Gasteiger partial charge on any atom is -0.493 e. The third kappa shape index (κ3) is 4.89. The van der Waals surface area contributed by atoms with E-state index in [0.29, 0.717) is 22.9 Å². The van der Waals surface area contributed by atoms with E-state index in [1.54, 1.807) is 0 Å². The van der Waals surface area contributed by atoms with Crippen LogP contribution in [0.15, 0.2) is 48.5 Å². The number of nitrogens with one attached hydrogen (secondary N) is 1. The monoisotopic (exact) mass is 487 g/mol. The maximum atomic E-state index is 13.0. The lowest BCUT2D eigenvalue weighted by molar-refractivity contribution is -0.0512. The second kappa shape index (κ2) is 10.2. The minimum absolute atomic E-state index is 0.00248. The smallest absolute Gasteiger partial charge is 0.387 e. The molecule has 34 heavy (non-hydrogen) atoms. The summed E-state index contributed by atoms with van der Waals surface area (Å²) in [7, 11) is 2.60. The van der Waals surface area contributed by atoms with Crippen LogP contribution in [0.3, 0.4) is 0 Å². The van der Waals surface area contributed by atoms with E-state index in [1.807, 2.05) is 18.2 Å². The number of carbonyl (C=O) groups is 2. The average molecular weight is 488 g/mol. The fourth-order valence-electron chi connectivity index (χ4n) is 4.18. The fraction of sp³-hybridized carbons (Fsp3) is 0.280. The van der Waals surface area contributed by atoms with Crippen molar-refractivity contribution in [3.8, 4) is 11.5 Å². The molecular formula is C25H23F2NO5S. The highest BCUT2D eigenvalue weighted by atomic mass is 32.1. The van der Waals surface area contributed by atoms with Crippen molar-refractivity contribution in [2.75, 3.05) is 19.5 Å². The Bertz CT molecular complexity index is 1200. The Hall–Kier alpha value is -3.46. The van der Waals surface area contributed by atoms with Crippen molar-refractivity contribution in [3.05, 3.63) is 75.7 Å². The highest BCUT2D eigenvalue weighted by molar-refractivity contribution is 7.17. The highest BCUT2D eigenvalue weighted by Crippen LogP contribution is 2.43. The van der Waals surface area contributed by atoms with Crippen LogP contribution in [0.2, 0.25) is 0 Å². The predicted octanol–water partition coefficient (Wildman–Crippen LogP) is 5.67. The molecular weight excluding hydrogens is 464 g/mol. The van der Waals surface area contributed by atoms with Crippen molar-refractivity contribution < 1.29 is 32.6 Å². The Kier molecular flexibility index (Phi) is 7.12. The number of carbonyl (C=O) groups excluding carboxylic acids is 2. The molecule has 2 aromatic carbocycles. The van der Waals surface area contributed by atoms with Crippen molar-refractivity contribution in [3.63, 3.8) is 0 Å². The van der Waals surface area contributed by atoms with Crippen LogP contribution in [0, 0.1) is 0 Å². The number of esters is 1. The van der Waals surface area contributed by atoms with E-state index >= 15 is 0 Å². The number of halogens is 2. The fourth-order valence-corrected chi connectivity index (χ4v) is 5.49. The zero-order valence-electron chi connectivity index (χ0n) is 18.6. The molecule has 1 heterocycles. The van der Waals surface area contributed by atoms with Gasteiger partial charge in [0.15, 0.2) is 11.5 Å². The summed E-state index contributed by atoms with van der Waals surface area (Å²) in [6, 6.07) is 14.1. The third-order valence-corrected chi connectivity index (χ3v) is 6.96. The minimum atomic E-state index is -3.02. The molecule has 0 bridgehead atoms. The Labute approximate surface area is 199 Å². The number of thiophene rings is 1. The van der Waals surface area contributed by atoms with Crippen molar-refractivity contribution in [2.45, 2.75) is 31.8 Å². The molecule has 1 atom stereocenters. The van der Waals surface area contributed by atoms with Gasteiger partial charge in [-0.15, -0.1) is 11.3 Å². The molecule has 1 amide bonds. The zero-order valence-corrected chi connectivity index (χ0v) is 19.4. The molecule has 178 valence electrons. The molecule has 4 rings (SSSR count). The molecule has 0 spiro atoms. The molecule has 1 aliphatic carbocycles. The summed E-state index contributed by atoms with van der Waals surface area (Å²) >= 11 is 1.36. The summed E-state index contributed by atoms with van der Waals surface area (Å²) in [5, 5.41) is 3.20. The largest absolute Gasteiger partial charge is 0.493 e. The van der Waals surface area contributed by atoms with Crippen molar-refractivity contribution >= 4 is 28.2 Å². The maximum Gasteiger partial charge on any atom is 0.387 e. The van der Waals surface area contributed by atoms with Gasteiger partial charge in [-0.2, -0.15) is 8.78 Å². The SMILES string of the molecule is COC(=O)c1c(NC(=O)c2ccc(OC(F)F)c(OC)c2)sc2c1CC[C@@H](c1ccccc1)C2. The number of hydrogen-bond donors (Lipinski definition) is 1. The first-order valence-electron chi connectivity index (χ1n) is 10.6. The van der Waals surface area contributed by atoms with Gasteiger partial charge in [0.2, 0.25) is 0 Å². The molecule has 9 heteroatoms. The summed E-state index contributed by atoms with van der Waals surface area (Å²) in [5.74, 6) is -0.873. The van der Waals surface area contributed by atoms with Crippen LogP contribution in [-0.2, 0) is 17.6 Å². The lowest BCUT2D eigenvalue weighted by atomic mass is 9.83. The number of anilines is 1. The van der Waals surface area contributed by atoms with Crippen LogP contribution in [0.5, 0.6) is 11.5 Å². The second-order valence-electron chi connectivity index (χ2n) is 7.75. The van der Waals surface area contributed by atoms with Crippen molar-refractivity contribution in [1.82, 2.24) is 0 Å². The van der Waals surface area contributed by atoms with E-state index < -0.39 is 18.5 Å². The van der Waals surface area contributed by atoms with Gasteiger partial charge in [0.05, 0.1) is 19.8 Å². The Morgan fingerprint density at radius 1 is 1.09 bits per heavy atom. The molecule has 3 aromatic rings. The molecule has 0 unspecified atom stereocenters. The van der Waals surface area contributed by atoms with Gasteiger partial charge in [0, 0.05) is 10.4 Å². The quantitative estimate of drug-likeness (QED) is 0.435. The van der Waals surface area contributed by atoms with E-state index in [1.165, 1.54) is 49.3 Å². The first kappa shape index (κ1) is 23.7. The zero-order chi connectivity index (χ0) is 24.2. The van der Waals surface area contributed by atoms with Gasteiger partial charge >= 0.3 is 12.6 Å². The number of ether oxygens (including phenoxy) is 3. The number of benzene rings is 2. The predicted molar refractivity (Wildman–Crippen MR) is 124 cm³/mol. The number of methoxy groups -OCH3 is 2. The summed E-state index contributed by atoms with van der Waals surface area (Å²) in [4.78, 5) is 26.6. The van der Waals surface area contributed by atoms with Gasteiger partial charge in [-0.05, 0) is 54.5 Å². The van der Waals surface area contributed by atoms with E-state index in [2.05, 4.69) is 22.2 Å². The lowest BCUT2D eigenvalue weighted by Crippen LogP contribution is -2.16. The summed E-state index contributed by atoms with van der Waals surface area (Å²) in [6.07, 6.45) is 2.34. The van der Waals surface area contributed by atoms with Gasteiger partial charge in [-0.1, -0.05) is 30.3 Å². The first-order valence-corrected chi connectivity index (χ1v) is 11.4. The summed E-state index contributed by atoms with van der Waals surface area (Å²) < 4.78 is 39.7. The van der Waals surface area contributed by atoms with Crippen LogP contribution in [0.1, 0.15) is 49.1 Å². The number of amides is 1. The summed E-state index contributed by atoms with van der Waals surface area (Å²) in [5.41, 5.74) is 2.68. The molecule has 0 aliphatic heterocycles. The van der Waals surface area contributed by atoms with E-state index in [9.17, 15) is 18.4 Å². The molecule has 0 saturated heterocycles. The normalized spacial score (nSPS) is 14.9. The summed E-state index contributed by atoms with van der Waals surface area (Å²) in [6.45, 7) is -3.02. The first-order chi connectivity index (χ1) is 16.4. The average Bonchev–Trinajstić information content (AvgIpc) is 3.20. The van der Waals surface area contributed by atoms with Crippen LogP contribution in [0.4, 0.5) is 13.8 Å². The van der Waals surface area contributed by atoms with Gasteiger partial charge < -0.3 is 19.5 Å². The van der Waals surface area contributed by atoms with Gasteiger partial charge in [0.25, 0.3) is 5.91 Å². The molecule has 1 aromatic heterocycles. The van der Waals surface area contributed by atoms with Gasteiger partial charge in [0.1, 0.15) is 5.00 Å². The Morgan fingerprint density at radius 3 is 2.53 bits per heavy atom. The van der Waals surface area contributed by atoms with Gasteiger partial charge in [-0.25, -0.2) is 4.79 Å². The number of rotatable bonds is 7. The molecule has 6 nitrogen and oxygen atoms in total. The second-order valence-corrected chi connectivity index (χ2v) is 8.85. The molecule has 1 N–H and O–H groups in total. The number of fused-ring (bicyclic) bond motifs is 1. The Morgan fingerprint density at radius 2 is 1.85 bits per heavy atom. The number of alkyl halides is 2. The molecule has 1 aliphatic rings. The van der Waals surface area contributed by atoms with Crippen LogP contribution >= 0.6 is 11.3 Å². The third-order valence-electron chi connectivity index (χ3n) is 5.79. The van der Waals surface area contributed by atoms with E-state index in [0.717, 1.165) is 23.3 Å². The molecule has 0 radical (unpaired) electrons. The van der Waals surface area contributed by atoms with Crippen LogP contribution in [-0.4, -0.2) is 32.7 Å². The topological polar surface area (TPSA) is 73.9 Å². The van der Waals surface area contributed by atoms with Crippen molar-refractivity contribution in [1.29, 1.82) is 0 Å². The number of hydrogen-bond acceptors (Lipinski definition) is 6. The molecule has 0 fully saturated rings. The van der Waals surface area contributed by atoms with E-state index in [-0.39, 0.29) is 17.1 Å². The van der Waals surface area contributed by atoms with Crippen molar-refractivity contribution in [2.24, 2.45) is 0 Å². The van der Waals surface area contributed by atoms with Crippen LogP contribution < -0.4 is 14.8 Å². The van der Waals surface area contributed by atoms with Gasteiger partial charge in [-0.3, -0.25) is 4.79 Å². The lowest BCUT2D eigenvalue weighted by Gasteiger charge is -2.22. The van der Waals surface area contributed by atoms with Crippen LogP contribution in [0.25, 0.3) is 0 Å². The Balaban J connectivity index is 1.61. The highest BCUT2D eigenvalue weighted by Gasteiger charge is 2.31. The van der Waals surface area contributed by atoms with E-state index in [4.69, 9.17) is 9.47 Å². The maximum absolute atomic E-state index is 13.0. The standard InChI is InChI=1S/C25H23F2NO5S/c1-31-19-12-16(9-11-18(19)33-25(26)27)22(29)28-23-21(24(30)32-2)17-10-8-15(13-20(17)34-23)14-6-4-3-5-7-14/h3-7,9,11-12,15,25H,8,10,13H2,1-2H3,(H,28,29)/t15-/m1/s1. The molecule has 0 saturated carbocycles.